The normalized spacial score (nSPS) is 32.5. The molecular weight excluding hydrogens is 363 g/mol. The van der Waals surface area contributed by atoms with Gasteiger partial charge in [0, 0.05) is 5.69 Å². The summed E-state index contributed by atoms with van der Waals surface area (Å²) in [5.74, 6) is 1.98. The molecule has 0 spiro atoms. The number of carbonyl (C=O) groups is 1. The first-order valence-electron chi connectivity index (χ1n) is 9.08. The Balaban J connectivity index is 1.32. The number of rotatable bonds is 5. The Kier molecular flexibility index (Phi) is 4.61. The van der Waals surface area contributed by atoms with E-state index in [1.807, 2.05) is 0 Å². The molecule has 1 N–H and O–H groups in total. The van der Waals surface area contributed by atoms with Gasteiger partial charge in [-0.15, -0.1) is 0 Å². The lowest BCUT2D eigenvalue weighted by Gasteiger charge is -2.55. The summed E-state index contributed by atoms with van der Waals surface area (Å²) in [5.41, 5.74) is -3.46. The third-order valence-electron chi connectivity index (χ3n) is 6.08. The second-order valence-corrected chi connectivity index (χ2v) is 8.99. The van der Waals surface area contributed by atoms with Gasteiger partial charge in [-0.25, -0.2) is 0 Å². The van der Waals surface area contributed by atoms with E-state index in [4.69, 9.17) is 4.74 Å². The molecule has 142 valence electrons. The number of hydrogen-bond acceptors (Lipinski definition) is 4. The number of anilines is 1. The minimum absolute atomic E-state index is 0.0774. The molecule has 0 saturated heterocycles. The number of nitrogens with one attached hydrogen (secondary N) is 1. The van der Waals surface area contributed by atoms with E-state index in [1.54, 1.807) is 24.3 Å². The van der Waals surface area contributed by atoms with Crippen LogP contribution in [-0.4, -0.2) is 11.5 Å². The van der Waals surface area contributed by atoms with Crippen molar-refractivity contribution in [2.75, 3.05) is 4.72 Å². The molecule has 5 rings (SSSR count). The Hall–Kier alpha value is -1.37. The summed E-state index contributed by atoms with van der Waals surface area (Å²) < 4.78 is 44.4. The van der Waals surface area contributed by atoms with Crippen LogP contribution in [0.1, 0.15) is 44.1 Å². The van der Waals surface area contributed by atoms with Gasteiger partial charge in [-0.3, -0.25) is 4.79 Å². The molecule has 0 radical (unpaired) electrons. The zero-order valence-electron chi connectivity index (χ0n) is 14.3. The van der Waals surface area contributed by atoms with E-state index in [2.05, 4.69) is 4.72 Å². The van der Waals surface area contributed by atoms with Crippen molar-refractivity contribution in [2.24, 2.45) is 23.2 Å². The van der Waals surface area contributed by atoms with Crippen molar-refractivity contribution in [2.45, 2.75) is 50.6 Å². The molecule has 4 fully saturated rings. The number of carbonyl (C=O) groups excluding carboxylic acids is 1. The molecule has 0 aromatic heterocycles. The van der Waals surface area contributed by atoms with Crippen LogP contribution in [0.25, 0.3) is 0 Å². The third-order valence-corrected chi connectivity index (χ3v) is 6.65. The number of alkyl halides is 3. The predicted octanol–water partition coefficient (Wildman–Crippen LogP) is 5.53. The molecule has 0 heterocycles. The lowest BCUT2D eigenvalue weighted by Crippen LogP contribution is -2.50. The molecule has 0 atom stereocenters. The summed E-state index contributed by atoms with van der Waals surface area (Å²) in [4.78, 5) is 12.8. The highest BCUT2D eigenvalue weighted by Gasteiger charge is 2.55. The van der Waals surface area contributed by atoms with Gasteiger partial charge in [0.25, 0.3) is 0 Å². The number of halogens is 3. The predicted molar refractivity (Wildman–Crippen MR) is 94.1 cm³/mol. The highest BCUT2D eigenvalue weighted by molar-refractivity contribution is 8.01. The van der Waals surface area contributed by atoms with E-state index in [9.17, 15) is 18.0 Å². The molecule has 7 heteroatoms. The molecular formula is C19H22F3NO2S. The van der Waals surface area contributed by atoms with Crippen LogP contribution in [0.5, 0.6) is 0 Å². The van der Waals surface area contributed by atoms with Crippen LogP contribution in [0, 0.1) is 23.2 Å². The van der Waals surface area contributed by atoms with Gasteiger partial charge < -0.3 is 9.46 Å². The molecule has 1 aromatic rings. The van der Waals surface area contributed by atoms with Crippen LogP contribution in [0.3, 0.4) is 0 Å². The summed E-state index contributed by atoms with van der Waals surface area (Å²) in [6.45, 7) is 0.174. The van der Waals surface area contributed by atoms with Crippen LogP contribution >= 0.6 is 11.9 Å². The van der Waals surface area contributed by atoms with Gasteiger partial charge in [-0.2, -0.15) is 13.2 Å². The van der Waals surface area contributed by atoms with E-state index >= 15 is 0 Å². The van der Waals surface area contributed by atoms with E-state index in [1.165, 1.54) is 19.3 Å². The average Bonchev–Trinajstić information content (AvgIpc) is 2.57. The minimum atomic E-state index is -4.33. The van der Waals surface area contributed by atoms with Crippen molar-refractivity contribution in [1.82, 2.24) is 0 Å². The van der Waals surface area contributed by atoms with Gasteiger partial charge in [0.1, 0.15) is 6.61 Å². The molecule has 4 aliphatic rings. The fourth-order valence-electron chi connectivity index (χ4n) is 5.45. The fourth-order valence-corrected chi connectivity index (χ4v) is 5.82. The number of hydrogen-bond donors (Lipinski definition) is 1. The van der Waals surface area contributed by atoms with Crippen molar-refractivity contribution in [3.8, 4) is 0 Å². The highest BCUT2D eigenvalue weighted by Crippen LogP contribution is 2.60. The second-order valence-electron chi connectivity index (χ2n) is 8.12. The van der Waals surface area contributed by atoms with Crippen molar-refractivity contribution < 1.29 is 22.7 Å². The first kappa shape index (κ1) is 18.0. The van der Waals surface area contributed by atoms with Crippen molar-refractivity contribution in [1.29, 1.82) is 0 Å². The van der Waals surface area contributed by atoms with E-state index in [0.29, 0.717) is 23.4 Å². The zero-order chi connectivity index (χ0) is 18.4. The zero-order valence-corrected chi connectivity index (χ0v) is 15.2. The second kappa shape index (κ2) is 6.66. The molecule has 4 saturated carbocycles. The number of benzene rings is 1. The Morgan fingerprint density at radius 2 is 1.62 bits per heavy atom. The summed E-state index contributed by atoms with van der Waals surface area (Å²) in [6.07, 6.45) is 6.73. The molecule has 1 aromatic carbocycles. The molecule has 4 aliphatic carbocycles. The third kappa shape index (κ3) is 3.82. The SMILES string of the molecule is O=C(OCc1ccc(NSC(F)(F)F)cc1)C12CC3CC(CC(C3)C1)C2. The molecule has 26 heavy (non-hydrogen) atoms. The number of esters is 1. The maximum Gasteiger partial charge on any atom is 0.461 e. The Bertz CT molecular complexity index is 639. The first-order valence-corrected chi connectivity index (χ1v) is 9.90. The summed E-state index contributed by atoms with van der Waals surface area (Å²) >= 11 is -0.292. The van der Waals surface area contributed by atoms with E-state index in [0.717, 1.165) is 24.8 Å². The van der Waals surface area contributed by atoms with Crippen LogP contribution in [0.4, 0.5) is 18.9 Å². The van der Waals surface area contributed by atoms with Gasteiger partial charge in [0.05, 0.1) is 17.4 Å². The average molecular weight is 385 g/mol. The van der Waals surface area contributed by atoms with Crippen molar-refractivity contribution in [3.63, 3.8) is 0 Å². The molecule has 0 aliphatic heterocycles. The Morgan fingerprint density at radius 1 is 1.08 bits per heavy atom. The van der Waals surface area contributed by atoms with Gasteiger partial charge in [0.15, 0.2) is 0 Å². The monoisotopic (exact) mass is 385 g/mol. The maximum absolute atomic E-state index is 12.8. The molecule has 3 nitrogen and oxygen atoms in total. The smallest absolute Gasteiger partial charge is 0.460 e. The largest absolute Gasteiger partial charge is 0.461 e. The molecule has 0 unspecified atom stereocenters. The number of ether oxygens (including phenoxy) is 1. The maximum atomic E-state index is 12.8. The van der Waals surface area contributed by atoms with Crippen LogP contribution in [-0.2, 0) is 16.1 Å². The van der Waals surface area contributed by atoms with Crippen LogP contribution in [0.15, 0.2) is 24.3 Å². The van der Waals surface area contributed by atoms with Crippen molar-refractivity contribution >= 4 is 23.6 Å². The lowest BCUT2D eigenvalue weighted by atomic mass is 9.49. The van der Waals surface area contributed by atoms with Crippen molar-refractivity contribution in [3.05, 3.63) is 29.8 Å². The summed E-state index contributed by atoms with van der Waals surface area (Å²) in [5, 5.41) is 0. The summed E-state index contributed by atoms with van der Waals surface area (Å²) in [6, 6.07) is 6.50. The van der Waals surface area contributed by atoms with Gasteiger partial charge in [-0.1, -0.05) is 12.1 Å². The Morgan fingerprint density at radius 3 is 2.12 bits per heavy atom. The van der Waals surface area contributed by atoms with Gasteiger partial charge in [-0.05, 0) is 74.0 Å². The quantitative estimate of drug-likeness (QED) is 0.535. The van der Waals surface area contributed by atoms with E-state index < -0.39 is 5.51 Å². The Labute approximate surface area is 155 Å². The first-order chi connectivity index (χ1) is 12.3. The van der Waals surface area contributed by atoms with Crippen LogP contribution < -0.4 is 4.72 Å². The van der Waals surface area contributed by atoms with Crippen LogP contribution in [0.2, 0.25) is 0 Å². The molecule has 0 amide bonds. The fraction of sp³-hybridized carbons (Fsp3) is 0.632. The van der Waals surface area contributed by atoms with Gasteiger partial charge >= 0.3 is 11.5 Å². The van der Waals surface area contributed by atoms with E-state index in [-0.39, 0.29) is 29.9 Å². The van der Waals surface area contributed by atoms with Gasteiger partial charge in [0.2, 0.25) is 0 Å². The highest BCUT2D eigenvalue weighted by atomic mass is 32.2. The standard InChI is InChI=1S/C19H22F3NO2S/c20-19(21,22)26-23-16-3-1-12(2-4-16)11-25-17(24)18-8-13-5-14(9-18)7-15(6-13)10-18/h1-4,13-15,23H,5-11H2. The topological polar surface area (TPSA) is 38.3 Å². The lowest BCUT2D eigenvalue weighted by molar-refractivity contribution is -0.172. The summed E-state index contributed by atoms with van der Waals surface area (Å²) in [7, 11) is 0. The molecule has 4 bridgehead atoms. The minimum Gasteiger partial charge on any atom is -0.460 e.